The number of benzene rings is 1. The van der Waals surface area contributed by atoms with Crippen LogP contribution in [0.15, 0.2) is 47.1 Å². The van der Waals surface area contributed by atoms with Crippen LogP contribution in [0, 0.1) is 0 Å². The Morgan fingerprint density at radius 2 is 2.00 bits per heavy atom. The second-order valence-electron chi connectivity index (χ2n) is 7.83. The molecule has 4 rings (SSSR count). The molecule has 0 atom stereocenters. The first kappa shape index (κ1) is 21.1. The molecule has 8 nitrogen and oxygen atoms in total. The van der Waals surface area contributed by atoms with E-state index in [0.29, 0.717) is 31.8 Å². The van der Waals surface area contributed by atoms with Crippen LogP contribution in [-0.4, -0.2) is 26.6 Å². The summed E-state index contributed by atoms with van der Waals surface area (Å²) in [6.45, 7) is 6.14. The van der Waals surface area contributed by atoms with Gasteiger partial charge in [-0.3, -0.25) is 14.9 Å². The van der Waals surface area contributed by atoms with Gasteiger partial charge >= 0.3 is 0 Å². The minimum Gasteiger partial charge on any atom is -0.467 e. The normalized spacial score (nSPS) is 11.6. The fraction of sp³-hybridized carbons (Fsp3) is 0.238. The standard InChI is InChI=1S/C21H20ClN5O3S/c1-21(2,3)27-17-16(15(26-27)19(29)23-11-14-8-5-9-30-14)31-20(24-17)25-18(28)12-6-4-7-13(22)10-12/h4-10H,11H2,1-3H3,(H,23,29)(H,24,25,28). The number of nitrogens with zero attached hydrogens (tertiary/aromatic N) is 3. The lowest BCUT2D eigenvalue weighted by atomic mass is 10.1. The molecule has 0 bridgehead atoms. The van der Waals surface area contributed by atoms with Gasteiger partial charge in [0.15, 0.2) is 16.5 Å². The molecule has 4 aromatic rings. The van der Waals surface area contributed by atoms with E-state index in [1.165, 1.54) is 11.3 Å². The number of rotatable bonds is 5. The zero-order valence-electron chi connectivity index (χ0n) is 17.1. The van der Waals surface area contributed by atoms with Crippen LogP contribution in [0.4, 0.5) is 5.13 Å². The molecule has 2 amide bonds. The van der Waals surface area contributed by atoms with Gasteiger partial charge in [0.05, 0.1) is 18.3 Å². The summed E-state index contributed by atoms with van der Waals surface area (Å²) in [5.41, 5.74) is 0.778. The number of fused-ring (bicyclic) bond motifs is 1. The Hall–Kier alpha value is -3.17. The SMILES string of the molecule is CC(C)(C)n1nc(C(=O)NCc2ccco2)c2sc(NC(=O)c3cccc(Cl)c3)nc21. The topological polar surface area (TPSA) is 102 Å². The van der Waals surface area contributed by atoms with E-state index < -0.39 is 5.54 Å². The number of carbonyl (C=O) groups is 2. The second-order valence-corrected chi connectivity index (χ2v) is 9.26. The number of carbonyl (C=O) groups excluding carboxylic acids is 2. The van der Waals surface area contributed by atoms with E-state index in [9.17, 15) is 9.59 Å². The molecule has 0 unspecified atom stereocenters. The molecule has 0 aliphatic rings. The molecule has 160 valence electrons. The lowest BCUT2D eigenvalue weighted by Gasteiger charge is -2.19. The third-order valence-electron chi connectivity index (χ3n) is 4.39. The maximum absolute atomic E-state index is 12.8. The lowest BCUT2D eigenvalue weighted by Crippen LogP contribution is -2.26. The summed E-state index contributed by atoms with van der Waals surface area (Å²) in [7, 11) is 0. The average molecular weight is 458 g/mol. The van der Waals surface area contributed by atoms with Gasteiger partial charge in [0.1, 0.15) is 10.5 Å². The Balaban J connectivity index is 1.64. The summed E-state index contributed by atoms with van der Waals surface area (Å²) in [6.07, 6.45) is 1.55. The van der Waals surface area contributed by atoms with Crippen LogP contribution < -0.4 is 10.6 Å². The molecule has 0 aliphatic heterocycles. The van der Waals surface area contributed by atoms with Crippen molar-refractivity contribution in [3.63, 3.8) is 0 Å². The first-order valence-electron chi connectivity index (χ1n) is 9.50. The fourth-order valence-corrected chi connectivity index (χ4v) is 4.05. The van der Waals surface area contributed by atoms with Gasteiger partial charge in [0.25, 0.3) is 11.8 Å². The minimum absolute atomic E-state index is 0.243. The monoisotopic (exact) mass is 457 g/mol. The Labute approximate surface area is 187 Å². The molecule has 31 heavy (non-hydrogen) atoms. The van der Waals surface area contributed by atoms with E-state index in [0.717, 1.165) is 0 Å². The molecule has 3 heterocycles. The first-order valence-corrected chi connectivity index (χ1v) is 10.7. The Bertz CT molecular complexity index is 1250. The zero-order chi connectivity index (χ0) is 22.2. The molecule has 0 aliphatic carbocycles. The molecule has 0 fully saturated rings. The average Bonchev–Trinajstić information content (AvgIpc) is 3.42. The van der Waals surface area contributed by atoms with Crippen LogP contribution in [0.3, 0.4) is 0 Å². The van der Waals surface area contributed by atoms with Crippen molar-refractivity contribution in [2.45, 2.75) is 32.9 Å². The number of halogens is 1. The van der Waals surface area contributed by atoms with Crippen molar-refractivity contribution in [2.24, 2.45) is 0 Å². The Kier molecular flexibility index (Phi) is 5.55. The number of hydrogen-bond acceptors (Lipinski definition) is 6. The fourth-order valence-electron chi connectivity index (χ4n) is 2.94. The summed E-state index contributed by atoms with van der Waals surface area (Å²) in [6, 6.07) is 10.2. The third kappa shape index (κ3) is 4.47. The van der Waals surface area contributed by atoms with Gasteiger partial charge < -0.3 is 9.73 Å². The van der Waals surface area contributed by atoms with Crippen molar-refractivity contribution in [1.82, 2.24) is 20.1 Å². The van der Waals surface area contributed by atoms with Crippen LogP contribution >= 0.6 is 22.9 Å². The number of nitrogens with one attached hydrogen (secondary N) is 2. The molecule has 0 saturated heterocycles. The predicted octanol–water partition coefficient (Wildman–Crippen LogP) is 4.68. The number of aromatic nitrogens is 3. The van der Waals surface area contributed by atoms with Crippen LogP contribution in [0.5, 0.6) is 0 Å². The quantitative estimate of drug-likeness (QED) is 0.453. The smallest absolute Gasteiger partial charge is 0.273 e. The van der Waals surface area contributed by atoms with Crippen molar-refractivity contribution >= 4 is 50.2 Å². The molecule has 1 aromatic carbocycles. The van der Waals surface area contributed by atoms with E-state index >= 15 is 0 Å². The Morgan fingerprint density at radius 3 is 2.68 bits per heavy atom. The van der Waals surface area contributed by atoms with Crippen molar-refractivity contribution < 1.29 is 14.0 Å². The van der Waals surface area contributed by atoms with Gasteiger partial charge in [-0.05, 0) is 51.1 Å². The number of anilines is 1. The lowest BCUT2D eigenvalue weighted by molar-refractivity contribution is 0.0942. The molecule has 3 aromatic heterocycles. The van der Waals surface area contributed by atoms with Crippen LogP contribution in [0.2, 0.25) is 5.02 Å². The Morgan fingerprint density at radius 1 is 1.19 bits per heavy atom. The summed E-state index contributed by atoms with van der Waals surface area (Å²) in [5.74, 6) is -0.0441. The highest BCUT2D eigenvalue weighted by Gasteiger charge is 2.27. The van der Waals surface area contributed by atoms with Gasteiger partial charge in [-0.1, -0.05) is 29.0 Å². The maximum atomic E-state index is 12.8. The van der Waals surface area contributed by atoms with E-state index in [-0.39, 0.29) is 24.1 Å². The summed E-state index contributed by atoms with van der Waals surface area (Å²) < 4.78 is 7.54. The van der Waals surface area contributed by atoms with Gasteiger partial charge in [-0.2, -0.15) is 10.1 Å². The van der Waals surface area contributed by atoms with Crippen molar-refractivity contribution in [3.05, 3.63) is 64.7 Å². The van der Waals surface area contributed by atoms with Gasteiger partial charge in [-0.15, -0.1) is 0 Å². The van der Waals surface area contributed by atoms with Gasteiger partial charge in [0.2, 0.25) is 0 Å². The van der Waals surface area contributed by atoms with Gasteiger partial charge in [-0.25, -0.2) is 4.68 Å². The number of hydrogen-bond donors (Lipinski definition) is 2. The number of furan rings is 1. The summed E-state index contributed by atoms with van der Waals surface area (Å²) >= 11 is 7.17. The molecule has 10 heteroatoms. The first-order chi connectivity index (χ1) is 14.7. The van der Waals surface area contributed by atoms with Crippen molar-refractivity contribution in [2.75, 3.05) is 5.32 Å². The molecule has 0 saturated carbocycles. The van der Waals surface area contributed by atoms with E-state index in [4.69, 9.17) is 16.0 Å². The van der Waals surface area contributed by atoms with E-state index in [2.05, 4.69) is 20.7 Å². The predicted molar refractivity (Wildman–Crippen MR) is 120 cm³/mol. The largest absolute Gasteiger partial charge is 0.467 e. The van der Waals surface area contributed by atoms with Crippen molar-refractivity contribution in [3.8, 4) is 0 Å². The van der Waals surface area contributed by atoms with Crippen LogP contribution in [0.25, 0.3) is 10.3 Å². The maximum Gasteiger partial charge on any atom is 0.273 e. The number of thiazole rings is 1. The highest BCUT2D eigenvalue weighted by molar-refractivity contribution is 7.22. The molecular weight excluding hydrogens is 438 g/mol. The van der Waals surface area contributed by atoms with E-state index in [1.54, 1.807) is 47.3 Å². The molecule has 0 spiro atoms. The minimum atomic E-state index is -0.417. The zero-order valence-corrected chi connectivity index (χ0v) is 18.7. The van der Waals surface area contributed by atoms with Crippen LogP contribution in [0.1, 0.15) is 47.4 Å². The molecular formula is C21H20ClN5O3S. The van der Waals surface area contributed by atoms with Gasteiger partial charge in [0, 0.05) is 10.6 Å². The summed E-state index contributed by atoms with van der Waals surface area (Å²) in [4.78, 5) is 30.0. The summed E-state index contributed by atoms with van der Waals surface area (Å²) in [5, 5.41) is 10.9. The number of amides is 2. The highest BCUT2D eigenvalue weighted by atomic mass is 35.5. The van der Waals surface area contributed by atoms with Crippen LogP contribution in [-0.2, 0) is 12.1 Å². The molecule has 0 radical (unpaired) electrons. The van der Waals surface area contributed by atoms with Crippen molar-refractivity contribution in [1.29, 1.82) is 0 Å². The van der Waals surface area contributed by atoms with E-state index in [1.807, 2.05) is 20.8 Å². The second kappa shape index (κ2) is 8.16. The molecule has 2 N–H and O–H groups in total. The third-order valence-corrected chi connectivity index (χ3v) is 5.59. The highest BCUT2D eigenvalue weighted by Crippen LogP contribution is 2.32.